The predicted octanol–water partition coefficient (Wildman–Crippen LogP) is 3.29. The summed E-state index contributed by atoms with van der Waals surface area (Å²) >= 11 is 0.852. The highest BCUT2D eigenvalue weighted by Crippen LogP contribution is 2.40. The third kappa shape index (κ3) is 5.51. The number of aromatic nitrogens is 1. The molecule has 1 amide bonds. The van der Waals surface area contributed by atoms with Crippen molar-refractivity contribution in [3.63, 3.8) is 0 Å². The van der Waals surface area contributed by atoms with Crippen LogP contribution in [0.2, 0.25) is 0 Å². The summed E-state index contributed by atoms with van der Waals surface area (Å²) in [5.74, 6) is 0.429. The Bertz CT molecular complexity index is 859. The number of halogens is 3. The lowest BCUT2D eigenvalue weighted by molar-refractivity contribution is -0.143. The summed E-state index contributed by atoms with van der Waals surface area (Å²) in [7, 11) is 1.58. The Hall–Kier alpha value is -2.27. The zero-order valence-corrected chi connectivity index (χ0v) is 18.3. The summed E-state index contributed by atoms with van der Waals surface area (Å²) in [4.78, 5) is 22.9. The first kappa shape index (κ1) is 23.4. The van der Waals surface area contributed by atoms with Crippen LogP contribution in [0.3, 0.4) is 0 Å². The van der Waals surface area contributed by atoms with E-state index in [9.17, 15) is 18.0 Å². The second kappa shape index (κ2) is 9.47. The Kier molecular flexibility index (Phi) is 7.15. The number of carbonyl (C=O) groups is 1. The molecular formula is C20H26F3N5O2S. The second-order valence-electron chi connectivity index (χ2n) is 7.81. The average molecular weight is 458 g/mol. The number of carbonyl (C=O) groups excluding carboxylic acids is 1. The molecule has 0 aromatic carbocycles. The number of hydrogen-bond acceptors (Lipinski definition) is 6. The third-order valence-corrected chi connectivity index (χ3v) is 6.71. The third-order valence-electron chi connectivity index (χ3n) is 5.65. The van der Waals surface area contributed by atoms with Crippen LogP contribution in [0.1, 0.15) is 31.9 Å². The minimum absolute atomic E-state index is 0.0511. The van der Waals surface area contributed by atoms with Gasteiger partial charge in [0, 0.05) is 42.7 Å². The van der Waals surface area contributed by atoms with E-state index < -0.39 is 11.9 Å². The summed E-state index contributed by atoms with van der Waals surface area (Å²) in [5, 5.41) is 0. The molecule has 0 radical (unpaired) electrons. The molecule has 7 nitrogen and oxygen atoms in total. The van der Waals surface area contributed by atoms with Gasteiger partial charge in [0.15, 0.2) is 5.69 Å². The lowest BCUT2D eigenvalue weighted by atomic mass is 9.78. The van der Waals surface area contributed by atoms with Gasteiger partial charge in [0.1, 0.15) is 5.82 Å². The van der Waals surface area contributed by atoms with Crippen LogP contribution in [-0.4, -0.2) is 60.5 Å². The quantitative estimate of drug-likeness (QED) is 0.323. The number of ether oxygens (including phenoxy) is 1. The number of amides is 1. The van der Waals surface area contributed by atoms with E-state index in [2.05, 4.69) is 9.98 Å². The van der Waals surface area contributed by atoms with E-state index in [0.29, 0.717) is 30.4 Å². The van der Waals surface area contributed by atoms with Gasteiger partial charge in [0.05, 0.1) is 6.61 Å². The van der Waals surface area contributed by atoms with Crippen molar-refractivity contribution in [3.05, 3.63) is 34.7 Å². The van der Waals surface area contributed by atoms with E-state index in [1.165, 1.54) is 17.0 Å². The van der Waals surface area contributed by atoms with E-state index in [-0.39, 0.29) is 16.1 Å². The number of nitrogens with two attached hydrogens (primary N) is 1. The maximum absolute atomic E-state index is 13.2. The minimum atomic E-state index is -4.57. The van der Waals surface area contributed by atoms with E-state index in [1.807, 2.05) is 4.90 Å². The van der Waals surface area contributed by atoms with Crippen molar-refractivity contribution in [3.8, 4) is 0 Å². The van der Waals surface area contributed by atoms with Gasteiger partial charge in [-0.15, -0.1) is 0 Å². The normalized spacial score (nSPS) is 20.0. The number of thioether (sulfide) groups is 1. The molecule has 0 unspecified atom stereocenters. The van der Waals surface area contributed by atoms with Gasteiger partial charge in [-0.05, 0) is 43.7 Å². The fourth-order valence-corrected chi connectivity index (χ4v) is 4.63. The molecule has 1 aromatic heterocycles. The van der Waals surface area contributed by atoms with Crippen LogP contribution in [0, 0.1) is 5.41 Å². The molecule has 3 heterocycles. The van der Waals surface area contributed by atoms with Crippen LogP contribution < -0.4 is 5.73 Å². The number of pyridine rings is 1. The molecule has 2 fully saturated rings. The van der Waals surface area contributed by atoms with Crippen molar-refractivity contribution in [2.45, 2.75) is 37.3 Å². The molecular weight excluding hydrogens is 431 g/mol. The lowest BCUT2D eigenvalue weighted by Gasteiger charge is -2.40. The maximum Gasteiger partial charge on any atom is 0.434 e. The van der Waals surface area contributed by atoms with Gasteiger partial charge in [-0.2, -0.15) is 18.2 Å². The molecule has 2 aliphatic heterocycles. The molecule has 3 rings (SSSR count). The van der Waals surface area contributed by atoms with Crippen molar-refractivity contribution >= 4 is 24.1 Å². The van der Waals surface area contributed by atoms with Gasteiger partial charge in [-0.1, -0.05) is 11.8 Å². The standard InChI is InChI=1S/C20H26F3N5O2S/c1-14(31-15-4-3-8-25-16(15)20(21,22)23)17(24)26-18(27(2)13-29)28-9-5-19(6-10-28)7-11-30-12-19/h3-4,8,13H,5-7,9-12,24H2,1-2H3/b17-14+,26-18?. The first-order valence-corrected chi connectivity index (χ1v) is 10.7. The molecule has 0 saturated carbocycles. The van der Waals surface area contributed by atoms with Gasteiger partial charge in [0.2, 0.25) is 12.4 Å². The number of hydrogen-bond donors (Lipinski definition) is 1. The first-order chi connectivity index (χ1) is 14.6. The molecule has 0 atom stereocenters. The number of nitrogens with zero attached hydrogens (tertiary/aromatic N) is 4. The number of rotatable bonds is 4. The molecule has 1 spiro atoms. The number of alkyl halides is 3. The molecule has 2 saturated heterocycles. The molecule has 11 heteroatoms. The number of guanidine groups is 1. The van der Waals surface area contributed by atoms with Gasteiger partial charge >= 0.3 is 6.18 Å². The van der Waals surface area contributed by atoms with Crippen LogP contribution in [0.25, 0.3) is 0 Å². The Balaban J connectivity index is 1.82. The predicted molar refractivity (Wildman–Crippen MR) is 112 cm³/mol. The zero-order valence-electron chi connectivity index (χ0n) is 17.5. The van der Waals surface area contributed by atoms with Crippen LogP contribution in [0.5, 0.6) is 0 Å². The Morgan fingerprint density at radius 1 is 1.39 bits per heavy atom. The van der Waals surface area contributed by atoms with Gasteiger partial charge in [0.25, 0.3) is 0 Å². The molecule has 1 aromatic rings. The Labute approximate surface area is 183 Å². The Morgan fingerprint density at radius 2 is 2.10 bits per heavy atom. The minimum Gasteiger partial charge on any atom is -0.383 e. The highest BCUT2D eigenvalue weighted by atomic mass is 32.2. The summed E-state index contributed by atoms with van der Waals surface area (Å²) in [6.07, 6.45) is 0.0325. The van der Waals surface area contributed by atoms with Crippen LogP contribution in [-0.2, 0) is 15.7 Å². The van der Waals surface area contributed by atoms with Crippen molar-refractivity contribution in [2.75, 3.05) is 33.4 Å². The summed E-state index contributed by atoms with van der Waals surface area (Å²) in [6.45, 7) is 4.51. The number of piperidine rings is 1. The van der Waals surface area contributed by atoms with E-state index in [4.69, 9.17) is 10.5 Å². The molecule has 170 valence electrons. The van der Waals surface area contributed by atoms with Gasteiger partial charge < -0.3 is 15.4 Å². The summed E-state index contributed by atoms with van der Waals surface area (Å²) in [5.41, 5.74) is 5.33. The number of likely N-dealkylation sites (tertiary alicyclic amines) is 1. The number of allylic oxidation sites excluding steroid dienone is 1. The molecule has 0 bridgehead atoms. The average Bonchev–Trinajstić information content (AvgIpc) is 3.19. The van der Waals surface area contributed by atoms with E-state index in [1.54, 1.807) is 14.0 Å². The molecule has 2 N–H and O–H groups in total. The van der Waals surface area contributed by atoms with Crippen molar-refractivity contribution < 1.29 is 22.7 Å². The zero-order chi connectivity index (χ0) is 22.6. The first-order valence-electron chi connectivity index (χ1n) is 9.91. The molecule has 31 heavy (non-hydrogen) atoms. The molecule has 0 aliphatic carbocycles. The van der Waals surface area contributed by atoms with Crippen molar-refractivity contribution in [1.82, 2.24) is 14.8 Å². The highest BCUT2D eigenvalue weighted by Gasteiger charge is 2.39. The van der Waals surface area contributed by atoms with Crippen LogP contribution >= 0.6 is 11.8 Å². The topological polar surface area (TPSA) is 84.0 Å². The smallest absolute Gasteiger partial charge is 0.383 e. The SMILES string of the molecule is C/C(Sc1cccnc1C(F)(F)F)=C(/N)N=C(N(C)C=O)N1CCC2(CCOC2)CC1. The Morgan fingerprint density at radius 3 is 2.68 bits per heavy atom. The molecule has 2 aliphatic rings. The highest BCUT2D eigenvalue weighted by molar-refractivity contribution is 8.03. The van der Waals surface area contributed by atoms with Crippen LogP contribution in [0.15, 0.2) is 38.9 Å². The fraction of sp³-hybridized carbons (Fsp3) is 0.550. The van der Waals surface area contributed by atoms with E-state index >= 15 is 0 Å². The van der Waals surface area contributed by atoms with Crippen molar-refractivity contribution in [1.29, 1.82) is 0 Å². The lowest BCUT2D eigenvalue weighted by Crippen LogP contribution is -2.48. The van der Waals surface area contributed by atoms with Gasteiger partial charge in [-0.3, -0.25) is 14.7 Å². The van der Waals surface area contributed by atoms with Crippen LogP contribution in [0.4, 0.5) is 13.2 Å². The van der Waals surface area contributed by atoms with E-state index in [0.717, 1.165) is 50.4 Å². The largest absolute Gasteiger partial charge is 0.434 e. The maximum atomic E-state index is 13.2. The monoisotopic (exact) mass is 457 g/mol. The van der Waals surface area contributed by atoms with Gasteiger partial charge in [-0.25, -0.2) is 0 Å². The number of aliphatic imine (C=N–C) groups is 1. The fourth-order valence-electron chi connectivity index (χ4n) is 3.73. The van der Waals surface area contributed by atoms with Crippen molar-refractivity contribution in [2.24, 2.45) is 16.1 Å². The summed E-state index contributed by atoms with van der Waals surface area (Å²) < 4.78 is 45.2. The second-order valence-corrected chi connectivity index (χ2v) is 9.07. The summed E-state index contributed by atoms with van der Waals surface area (Å²) in [6, 6.07) is 2.78.